The lowest BCUT2D eigenvalue weighted by Crippen LogP contribution is -2.66. The third-order valence-corrected chi connectivity index (χ3v) is 8.94. The highest BCUT2D eigenvalue weighted by molar-refractivity contribution is 5.66. The van der Waals surface area contributed by atoms with E-state index >= 15 is 0 Å². The molecule has 0 aromatic heterocycles. The third kappa shape index (κ3) is 3.03. The first-order chi connectivity index (χ1) is 16.2. The van der Waals surface area contributed by atoms with Crippen LogP contribution < -0.4 is 0 Å². The zero-order valence-electron chi connectivity index (χ0n) is 19.0. The Morgan fingerprint density at radius 3 is 2.67 bits per heavy atom. The molecule has 0 radical (unpaired) electrons. The Morgan fingerprint density at radius 1 is 1.06 bits per heavy atom. The van der Waals surface area contributed by atoms with Crippen molar-refractivity contribution < 1.29 is 28.5 Å². The van der Waals surface area contributed by atoms with Crippen LogP contribution in [0.3, 0.4) is 0 Å². The second-order valence-corrected chi connectivity index (χ2v) is 10.4. The summed E-state index contributed by atoms with van der Waals surface area (Å²) in [4.78, 5) is 14.7. The van der Waals surface area contributed by atoms with E-state index in [0.717, 1.165) is 11.5 Å². The molecule has 7 nitrogen and oxygen atoms in total. The highest BCUT2D eigenvalue weighted by Gasteiger charge is 2.74. The number of allylic oxidation sites excluding steroid dienone is 2. The zero-order valence-corrected chi connectivity index (χ0v) is 19.0. The van der Waals surface area contributed by atoms with E-state index in [-0.39, 0.29) is 24.2 Å². The molecule has 1 aromatic carbocycles. The first-order valence-corrected chi connectivity index (χ1v) is 12.3. The molecule has 7 heteroatoms. The summed E-state index contributed by atoms with van der Waals surface area (Å²) in [7, 11) is 1.61. The fraction of sp³-hybridized carbons (Fsp3) is 0.654. The fourth-order valence-corrected chi connectivity index (χ4v) is 7.84. The van der Waals surface area contributed by atoms with Crippen LogP contribution in [0.15, 0.2) is 42.5 Å². The van der Waals surface area contributed by atoms with Gasteiger partial charge in [-0.15, -0.1) is 0 Å². The van der Waals surface area contributed by atoms with E-state index < -0.39 is 18.7 Å². The van der Waals surface area contributed by atoms with Gasteiger partial charge in [-0.2, -0.15) is 0 Å². The normalized spacial score (nSPS) is 51.0. The maximum atomic E-state index is 12.1. The Bertz CT molecular complexity index is 953. The molecule has 0 amide bonds. The van der Waals surface area contributed by atoms with E-state index in [9.17, 15) is 4.79 Å². The molecule has 2 saturated carbocycles. The van der Waals surface area contributed by atoms with Crippen LogP contribution >= 0.6 is 0 Å². The van der Waals surface area contributed by atoms with Gasteiger partial charge in [0.1, 0.15) is 12.2 Å². The standard InChI is InChI=1S/C26H31NO6/c1-13(28)31-24-22(27-20-17-11-18(21(20)27)16-10-6-9-15(16)17)23-19(32-26(24)29-2)12-30-25(33-23)14-7-4-3-5-8-14/h3-9,15-26H,10-12H2,1-2H3/t15-,16-,17+,18+,19-,20-,21+,22-,23-,24+,25+,26+,27?/m1/s1. The van der Waals surface area contributed by atoms with Crippen LogP contribution in [0.25, 0.3) is 0 Å². The van der Waals surface area contributed by atoms with Crippen molar-refractivity contribution in [3.8, 4) is 0 Å². The van der Waals surface area contributed by atoms with Crippen LogP contribution in [-0.2, 0) is 28.5 Å². The molecule has 0 N–H and O–H groups in total. The van der Waals surface area contributed by atoms with Crippen molar-refractivity contribution in [1.29, 1.82) is 0 Å². The molecule has 1 aromatic rings. The van der Waals surface area contributed by atoms with Gasteiger partial charge < -0.3 is 23.7 Å². The largest absolute Gasteiger partial charge is 0.455 e. The number of fused-ring (bicyclic) bond motifs is 9. The van der Waals surface area contributed by atoms with E-state index in [1.165, 1.54) is 19.8 Å². The smallest absolute Gasteiger partial charge is 0.303 e. The quantitative estimate of drug-likeness (QED) is 0.395. The van der Waals surface area contributed by atoms with Crippen molar-refractivity contribution in [3.63, 3.8) is 0 Å². The summed E-state index contributed by atoms with van der Waals surface area (Å²) in [5.74, 6) is 2.55. The van der Waals surface area contributed by atoms with E-state index in [2.05, 4.69) is 17.1 Å². The van der Waals surface area contributed by atoms with Gasteiger partial charge in [-0.3, -0.25) is 9.69 Å². The number of carbonyl (C=O) groups is 1. The first-order valence-electron chi connectivity index (χ1n) is 12.3. The van der Waals surface area contributed by atoms with Crippen molar-refractivity contribution in [1.82, 2.24) is 4.90 Å². The molecule has 0 spiro atoms. The average Bonchev–Trinajstić information content (AvgIpc) is 3.15. The molecule has 13 atom stereocenters. The Kier molecular flexibility index (Phi) is 4.75. The van der Waals surface area contributed by atoms with Gasteiger partial charge in [0.05, 0.1) is 12.6 Å². The van der Waals surface area contributed by atoms with Crippen molar-refractivity contribution in [3.05, 3.63) is 48.0 Å². The molecule has 7 rings (SSSR count). The first kappa shape index (κ1) is 20.6. The van der Waals surface area contributed by atoms with Crippen LogP contribution in [0, 0.1) is 23.7 Å². The number of nitrogens with zero attached hydrogens (tertiary/aromatic N) is 1. The molecule has 2 bridgehead atoms. The predicted molar refractivity (Wildman–Crippen MR) is 117 cm³/mol. The third-order valence-electron chi connectivity index (χ3n) is 8.94. The van der Waals surface area contributed by atoms with Crippen LogP contribution in [0.1, 0.15) is 31.6 Å². The number of ether oxygens (including phenoxy) is 5. The topological polar surface area (TPSA) is 66.2 Å². The zero-order chi connectivity index (χ0) is 22.3. The minimum Gasteiger partial charge on any atom is -0.455 e. The number of likely N-dealkylation sites (tertiary alicyclic amines) is 1. The minimum absolute atomic E-state index is 0.115. The van der Waals surface area contributed by atoms with E-state index in [0.29, 0.717) is 36.4 Å². The lowest BCUT2D eigenvalue weighted by atomic mass is 9.82. The van der Waals surface area contributed by atoms with Gasteiger partial charge in [0.2, 0.25) is 0 Å². The molecule has 5 fully saturated rings. The molecule has 3 aliphatic heterocycles. The minimum atomic E-state index is -0.640. The monoisotopic (exact) mass is 453 g/mol. The molecule has 3 heterocycles. The number of esters is 1. The highest BCUT2D eigenvalue weighted by Crippen LogP contribution is 2.67. The van der Waals surface area contributed by atoms with Gasteiger partial charge in [0.15, 0.2) is 18.7 Å². The van der Waals surface area contributed by atoms with Gasteiger partial charge in [0.25, 0.3) is 0 Å². The van der Waals surface area contributed by atoms with Crippen LogP contribution in [0.2, 0.25) is 0 Å². The summed E-state index contributed by atoms with van der Waals surface area (Å²) in [5, 5.41) is 0. The van der Waals surface area contributed by atoms with Crippen molar-refractivity contribution >= 4 is 5.97 Å². The summed E-state index contributed by atoms with van der Waals surface area (Å²) >= 11 is 0. The van der Waals surface area contributed by atoms with Crippen LogP contribution in [-0.4, -0.2) is 67.3 Å². The Balaban J connectivity index is 1.22. The summed E-state index contributed by atoms with van der Waals surface area (Å²) in [5.41, 5.74) is 0.985. The second-order valence-electron chi connectivity index (χ2n) is 10.4. The molecular weight excluding hydrogens is 422 g/mol. The lowest BCUT2D eigenvalue weighted by Gasteiger charge is -2.49. The maximum absolute atomic E-state index is 12.1. The number of carbonyl (C=O) groups excluding carboxylic acids is 1. The summed E-state index contributed by atoms with van der Waals surface area (Å²) in [6.07, 6.45) is 5.18. The summed E-state index contributed by atoms with van der Waals surface area (Å²) in [6, 6.07) is 11.0. The molecule has 33 heavy (non-hydrogen) atoms. The highest BCUT2D eigenvalue weighted by atomic mass is 16.8. The second kappa shape index (κ2) is 7.62. The Labute approximate surface area is 193 Å². The molecule has 3 saturated heterocycles. The van der Waals surface area contributed by atoms with Crippen molar-refractivity contribution in [2.24, 2.45) is 23.7 Å². The Hall–Kier alpha value is -1.77. The molecule has 176 valence electrons. The fourth-order valence-electron chi connectivity index (χ4n) is 7.84. The summed E-state index contributed by atoms with van der Waals surface area (Å²) < 4.78 is 30.5. The molecular formula is C26H31NO6. The number of hydrogen-bond donors (Lipinski definition) is 0. The average molecular weight is 454 g/mol. The van der Waals surface area contributed by atoms with Crippen LogP contribution in [0.5, 0.6) is 0 Å². The SMILES string of the molecule is CO[C@H]1O[C@@H]2CO[C@H](c3ccccc3)O[C@H]2[C@@H](N2[C@@H]3[C@H]4C[C@@H]([C@@H]5CC=C[C@H]54)[C@@H]32)[C@@H]1OC(C)=O. The number of rotatable bonds is 4. The number of hydrogen-bond acceptors (Lipinski definition) is 7. The number of benzene rings is 1. The van der Waals surface area contributed by atoms with Crippen molar-refractivity contribution in [2.45, 2.75) is 68.8 Å². The molecule has 1 unspecified atom stereocenters. The lowest BCUT2D eigenvalue weighted by molar-refractivity contribution is -0.347. The Morgan fingerprint density at radius 2 is 1.88 bits per heavy atom. The molecule has 3 aliphatic carbocycles. The number of piperidine rings is 1. The van der Waals surface area contributed by atoms with Gasteiger partial charge in [0, 0.05) is 31.7 Å². The van der Waals surface area contributed by atoms with Gasteiger partial charge in [-0.1, -0.05) is 42.5 Å². The van der Waals surface area contributed by atoms with E-state index in [1.807, 2.05) is 30.3 Å². The molecule has 6 aliphatic rings. The van der Waals surface area contributed by atoms with E-state index in [4.69, 9.17) is 23.7 Å². The van der Waals surface area contributed by atoms with Crippen molar-refractivity contribution in [2.75, 3.05) is 13.7 Å². The predicted octanol–water partition coefficient (Wildman–Crippen LogP) is 2.67. The van der Waals surface area contributed by atoms with E-state index in [1.54, 1.807) is 7.11 Å². The van der Waals surface area contributed by atoms with Gasteiger partial charge in [-0.25, -0.2) is 0 Å². The van der Waals surface area contributed by atoms with Gasteiger partial charge in [-0.05, 0) is 36.5 Å². The summed E-state index contributed by atoms with van der Waals surface area (Å²) in [6.45, 7) is 1.87. The maximum Gasteiger partial charge on any atom is 0.303 e. The van der Waals surface area contributed by atoms with Gasteiger partial charge >= 0.3 is 5.97 Å². The number of methoxy groups -OCH3 is 1. The van der Waals surface area contributed by atoms with Crippen LogP contribution in [0.4, 0.5) is 0 Å².